The Morgan fingerprint density at radius 3 is 2.32 bits per heavy atom. The second-order valence-electron chi connectivity index (χ2n) is 7.25. The molecule has 0 saturated carbocycles. The van der Waals surface area contributed by atoms with E-state index in [9.17, 15) is 4.79 Å². The normalized spacial score (nSPS) is 12.0. The van der Waals surface area contributed by atoms with Gasteiger partial charge in [0.15, 0.2) is 0 Å². The quantitative estimate of drug-likeness (QED) is 0.887. The molecule has 4 nitrogen and oxygen atoms in total. The summed E-state index contributed by atoms with van der Waals surface area (Å²) >= 11 is 0. The highest BCUT2D eigenvalue weighted by molar-refractivity contribution is 5.67. The molecule has 0 bridgehead atoms. The van der Waals surface area contributed by atoms with Gasteiger partial charge in [-0.25, -0.2) is 4.79 Å². The monoisotopic (exact) mass is 307 g/mol. The van der Waals surface area contributed by atoms with Crippen LogP contribution in [0.15, 0.2) is 18.2 Å². The number of carbonyl (C=O) groups excluding carboxylic acids is 1. The van der Waals surface area contributed by atoms with Gasteiger partial charge in [-0.3, -0.25) is 0 Å². The number of rotatable bonds is 5. The minimum atomic E-state index is -0.466. The van der Waals surface area contributed by atoms with Crippen molar-refractivity contribution < 1.29 is 14.3 Å². The van der Waals surface area contributed by atoms with E-state index in [1.54, 1.807) is 7.11 Å². The number of hydrogen-bond acceptors (Lipinski definition) is 3. The summed E-state index contributed by atoms with van der Waals surface area (Å²) in [4.78, 5) is 11.7. The van der Waals surface area contributed by atoms with E-state index in [4.69, 9.17) is 9.47 Å². The highest BCUT2D eigenvalue weighted by Gasteiger charge is 2.22. The summed E-state index contributed by atoms with van der Waals surface area (Å²) < 4.78 is 10.5. The lowest BCUT2D eigenvalue weighted by Crippen LogP contribution is -2.35. The molecule has 0 aliphatic heterocycles. The molecule has 0 aliphatic rings. The Labute approximate surface area is 134 Å². The standard InChI is InChI=1S/C18H29NO3/c1-13-12-14(8-9-15(13)21-7)18(5,6)10-11-19-16(20)22-17(2,3)4/h8-9,12H,10-11H2,1-7H3,(H,19,20). The van der Waals surface area contributed by atoms with Crippen molar-refractivity contribution in [3.63, 3.8) is 0 Å². The summed E-state index contributed by atoms with van der Waals surface area (Å²) in [5.41, 5.74) is 1.85. The zero-order valence-electron chi connectivity index (χ0n) is 14.9. The predicted molar refractivity (Wildman–Crippen MR) is 89.6 cm³/mol. The lowest BCUT2D eigenvalue weighted by atomic mass is 9.81. The van der Waals surface area contributed by atoms with E-state index in [-0.39, 0.29) is 11.5 Å². The van der Waals surface area contributed by atoms with Crippen LogP contribution in [-0.2, 0) is 10.2 Å². The molecule has 0 atom stereocenters. The van der Waals surface area contributed by atoms with E-state index in [0.29, 0.717) is 6.54 Å². The molecule has 0 saturated heterocycles. The van der Waals surface area contributed by atoms with Gasteiger partial charge in [0.25, 0.3) is 0 Å². The molecule has 0 radical (unpaired) electrons. The summed E-state index contributed by atoms with van der Waals surface area (Å²) in [6, 6.07) is 6.22. The predicted octanol–water partition coefficient (Wildman–Crippen LogP) is 4.20. The number of carbonyl (C=O) groups is 1. The van der Waals surface area contributed by atoms with Gasteiger partial charge in [0, 0.05) is 6.54 Å². The highest BCUT2D eigenvalue weighted by Crippen LogP contribution is 2.30. The molecule has 0 aliphatic carbocycles. The largest absolute Gasteiger partial charge is 0.496 e. The first-order chi connectivity index (χ1) is 10.0. The number of alkyl carbamates (subject to hydrolysis) is 1. The van der Waals surface area contributed by atoms with Crippen molar-refractivity contribution in [2.45, 2.75) is 59.0 Å². The third kappa shape index (κ3) is 5.58. The molecule has 1 amide bonds. The van der Waals surface area contributed by atoms with Gasteiger partial charge < -0.3 is 14.8 Å². The first-order valence-corrected chi connectivity index (χ1v) is 7.67. The van der Waals surface area contributed by atoms with Crippen LogP contribution in [0, 0.1) is 6.92 Å². The van der Waals surface area contributed by atoms with Crippen molar-refractivity contribution in [2.75, 3.05) is 13.7 Å². The lowest BCUT2D eigenvalue weighted by Gasteiger charge is -2.27. The molecule has 1 aromatic rings. The molecule has 0 fully saturated rings. The smallest absolute Gasteiger partial charge is 0.407 e. The number of amides is 1. The zero-order chi connectivity index (χ0) is 17.0. The molecule has 0 spiro atoms. The van der Waals surface area contributed by atoms with E-state index in [1.165, 1.54) is 5.56 Å². The topological polar surface area (TPSA) is 47.6 Å². The van der Waals surface area contributed by atoms with E-state index >= 15 is 0 Å². The minimum Gasteiger partial charge on any atom is -0.496 e. The minimum absolute atomic E-state index is 0.0357. The van der Waals surface area contributed by atoms with E-state index < -0.39 is 5.60 Å². The SMILES string of the molecule is COc1ccc(C(C)(C)CCNC(=O)OC(C)(C)C)cc1C. The van der Waals surface area contributed by atoms with Gasteiger partial charge in [-0.15, -0.1) is 0 Å². The van der Waals surface area contributed by atoms with Crippen LogP contribution >= 0.6 is 0 Å². The summed E-state index contributed by atoms with van der Waals surface area (Å²) in [5.74, 6) is 0.895. The fraction of sp³-hybridized carbons (Fsp3) is 0.611. The van der Waals surface area contributed by atoms with Gasteiger partial charge in [0.1, 0.15) is 11.4 Å². The van der Waals surface area contributed by atoms with Crippen LogP contribution < -0.4 is 10.1 Å². The lowest BCUT2D eigenvalue weighted by molar-refractivity contribution is 0.0525. The fourth-order valence-corrected chi connectivity index (χ4v) is 2.23. The number of methoxy groups -OCH3 is 1. The van der Waals surface area contributed by atoms with E-state index in [0.717, 1.165) is 17.7 Å². The van der Waals surface area contributed by atoms with Crippen LogP contribution in [0.25, 0.3) is 0 Å². The number of nitrogens with one attached hydrogen (secondary N) is 1. The first kappa shape index (κ1) is 18.3. The molecule has 1 aromatic carbocycles. The van der Waals surface area contributed by atoms with Crippen LogP contribution in [-0.4, -0.2) is 25.3 Å². The van der Waals surface area contributed by atoms with Crippen molar-refractivity contribution in [1.82, 2.24) is 5.32 Å². The maximum Gasteiger partial charge on any atom is 0.407 e. The van der Waals surface area contributed by atoms with Gasteiger partial charge in [-0.05, 0) is 56.7 Å². The van der Waals surface area contributed by atoms with Crippen LogP contribution in [0.3, 0.4) is 0 Å². The molecule has 1 rings (SSSR count). The zero-order valence-corrected chi connectivity index (χ0v) is 14.9. The molecule has 124 valence electrons. The number of hydrogen-bond donors (Lipinski definition) is 1. The van der Waals surface area contributed by atoms with Gasteiger partial charge in [-0.1, -0.05) is 26.0 Å². The molecule has 4 heteroatoms. The van der Waals surface area contributed by atoms with Crippen molar-refractivity contribution in [2.24, 2.45) is 0 Å². The Kier molecular flexibility index (Phi) is 5.86. The van der Waals surface area contributed by atoms with Gasteiger partial charge in [0.2, 0.25) is 0 Å². The average molecular weight is 307 g/mol. The van der Waals surface area contributed by atoms with E-state index in [2.05, 4.69) is 31.3 Å². The maximum atomic E-state index is 11.7. The number of ether oxygens (including phenoxy) is 2. The number of benzene rings is 1. The molecule has 1 N–H and O–H groups in total. The van der Waals surface area contributed by atoms with Crippen LogP contribution in [0.4, 0.5) is 4.79 Å². The molecule has 0 aromatic heterocycles. The average Bonchev–Trinajstić information content (AvgIpc) is 2.36. The van der Waals surface area contributed by atoms with Crippen molar-refractivity contribution >= 4 is 6.09 Å². The third-order valence-electron chi connectivity index (χ3n) is 3.59. The Bertz CT molecular complexity index is 516. The Morgan fingerprint density at radius 1 is 1.18 bits per heavy atom. The Hall–Kier alpha value is -1.71. The highest BCUT2D eigenvalue weighted by atomic mass is 16.6. The van der Waals surface area contributed by atoms with Crippen LogP contribution in [0.2, 0.25) is 0 Å². The first-order valence-electron chi connectivity index (χ1n) is 7.67. The van der Waals surface area contributed by atoms with Crippen molar-refractivity contribution in [3.05, 3.63) is 29.3 Å². The van der Waals surface area contributed by atoms with Crippen LogP contribution in [0.5, 0.6) is 5.75 Å². The van der Waals surface area contributed by atoms with Gasteiger partial charge >= 0.3 is 6.09 Å². The maximum absolute atomic E-state index is 11.7. The molecular formula is C18H29NO3. The fourth-order valence-electron chi connectivity index (χ4n) is 2.23. The third-order valence-corrected chi connectivity index (χ3v) is 3.59. The Balaban J connectivity index is 2.60. The second kappa shape index (κ2) is 7.03. The van der Waals surface area contributed by atoms with Crippen LogP contribution in [0.1, 0.15) is 52.2 Å². The van der Waals surface area contributed by atoms with E-state index in [1.807, 2.05) is 33.8 Å². The molecule has 0 heterocycles. The van der Waals surface area contributed by atoms with Gasteiger partial charge in [0.05, 0.1) is 7.11 Å². The second-order valence-corrected chi connectivity index (χ2v) is 7.25. The summed E-state index contributed by atoms with van der Waals surface area (Å²) in [6.45, 7) is 12.5. The molecule has 22 heavy (non-hydrogen) atoms. The molecular weight excluding hydrogens is 278 g/mol. The van der Waals surface area contributed by atoms with Gasteiger partial charge in [-0.2, -0.15) is 0 Å². The summed E-state index contributed by atoms with van der Waals surface area (Å²) in [5, 5.41) is 2.82. The molecule has 0 unspecified atom stereocenters. The van der Waals surface area contributed by atoms with Crippen molar-refractivity contribution in [3.8, 4) is 5.75 Å². The van der Waals surface area contributed by atoms with Crippen molar-refractivity contribution in [1.29, 1.82) is 0 Å². The summed E-state index contributed by atoms with van der Waals surface area (Å²) in [7, 11) is 1.68. The Morgan fingerprint density at radius 2 is 1.82 bits per heavy atom. The summed E-state index contributed by atoms with van der Waals surface area (Å²) in [6.07, 6.45) is 0.465. The number of aryl methyl sites for hydroxylation is 1.